The van der Waals surface area contributed by atoms with Crippen molar-refractivity contribution in [3.8, 4) is 91.5 Å². The third kappa shape index (κ3) is 6.81. The van der Waals surface area contributed by atoms with Crippen LogP contribution in [0.5, 0.6) is 46.0 Å². The second-order valence-corrected chi connectivity index (χ2v) is 29.9. The van der Waals surface area contributed by atoms with Crippen LogP contribution in [0.4, 0.5) is 0 Å². The van der Waals surface area contributed by atoms with Gasteiger partial charge in [-0.15, -0.1) is 0 Å². The van der Waals surface area contributed by atoms with Crippen LogP contribution in [0.3, 0.4) is 0 Å². The summed E-state index contributed by atoms with van der Waals surface area (Å²) in [6.45, 7) is 0. The van der Waals surface area contributed by atoms with Gasteiger partial charge in [0.05, 0.1) is 28.2 Å². The van der Waals surface area contributed by atoms with Crippen LogP contribution in [-0.4, -0.2) is 60.2 Å². The van der Waals surface area contributed by atoms with Crippen molar-refractivity contribution >= 4 is 54.3 Å². The normalized spacial score (nSPS) is 34.2. The number of fused-ring (bicyclic) bond motifs is 23. The van der Waals surface area contributed by atoms with E-state index >= 15 is 0 Å². The van der Waals surface area contributed by atoms with Gasteiger partial charge in [0.2, 0.25) is 0 Å². The number of hydrogen-bond acceptors (Lipinski definition) is 15. The molecule has 20 bridgehead atoms. The van der Waals surface area contributed by atoms with Crippen molar-refractivity contribution in [2.24, 2.45) is 71.0 Å². The molecule has 0 saturated heterocycles. The Morgan fingerprint density at radius 1 is 0.375 bits per heavy atom. The van der Waals surface area contributed by atoms with E-state index < -0.39 is 27.5 Å². The topological polar surface area (TPSA) is 225 Å². The molecule has 0 radical (unpaired) electrons. The number of rotatable bonds is 3. The van der Waals surface area contributed by atoms with Crippen molar-refractivity contribution in [2.75, 3.05) is 0 Å². The third-order valence-electron chi connectivity index (χ3n) is 23.7. The second kappa shape index (κ2) is 16.9. The number of ether oxygens (including phenoxy) is 7. The SMILES string of the molecule is O=S(=O)(O)c1ccc(Oc2ccc3c(c2)-c2nc-3nc3[n-]c(nc4nc(nc5[n-]c(n2)c2cc6c(cc52)OC2(O6)C5CC6CC(C5)CC2C6)-c2cc5c(cc2-4)OC2(O5)C4CC5CC(C4)CC2C5)c2cc4c(cc32)OC2(O4)C3CC4CC(C3)CC2C4)cc1.[Zn+2]. The Kier molecular flexibility index (Phi) is 9.69. The van der Waals surface area contributed by atoms with E-state index in [-0.39, 0.29) is 24.4 Å². The molecule has 0 atom stereocenters. The van der Waals surface area contributed by atoms with Crippen molar-refractivity contribution in [2.45, 2.75) is 119 Å². The van der Waals surface area contributed by atoms with Gasteiger partial charge in [-0.25, -0.2) is 9.97 Å². The van der Waals surface area contributed by atoms with Crippen LogP contribution in [0, 0.1) is 71.0 Å². The second-order valence-electron chi connectivity index (χ2n) is 28.5. The molecule has 0 amide bonds. The zero-order valence-electron chi connectivity index (χ0n) is 47.9. The summed E-state index contributed by atoms with van der Waals surface area (Å²) in [5.74, 6) is 10.3. The maximum atomic E-state index is 12.0. The van der Waals surface area contributed by atoms with Crippen molar-refractivity contribution in [1.29, 1.82) is 0 Å². The maximum Gasteiger partial charge on any atom is 2.00 e. The molecule has 88 heavy (non-hydrogen) atoms. The van der Waals surface area contributed by atoms with Gasteiger partial charge in [0, 0.05) is 80.3 Å². The standard InChI is InChI=1S/C68H56N8O10S.Zn/c77-87(78,79)43-4-1-41(2-5-43)80-42-3-6-44-45(22-42)59-69-58(44)70-60-46-23-52-53(82-66(81-52)35-10-29-7-30(12-35)13-36(66)11-29)24-47(46)62(72-60)74-64-50-27-56-57(86-68(85-56)39-18-33-9-34(20-39)21-40(68)19-33)28-51(50)65(76-64)75-63-49-26-55-54(25-48(49)61(71-59)73-63)83-67(84-55)37-14-31-8-32(16-37)17-38(67)15-31;/h1-6,22-40H,7-21H2,(H-2,69,70,71,72,73,74,75,76,77,78,79);/q-2;+2. The molecule has 18 nitrogen and oxygen atoms in total. The molecule has 0 unspecified atom stereocenters. The molecule has 5 aromatic carbocycles. The summed E-state index contributed by atoms with van der Waals surface area (Å²) < 4.78 is 83.1. The van der Waals surface area contributed by atoms with Gasteiger partial charge in [0.1, 0.15) is 11.5 Å². The molecule has 20 heteroatoms. The minimum absolute atomic E-state index is 0. The zero-order valence-corrected chi connectivity index (χ0v) is 51.6. The molecule has 3 spiro atoms. The summed E-state index contributed by atoms with van der Waals surface area (Å²) in [6.07, 6.45) is 17.3. The van der Waals surface area contributed by atoms with E-state index in [4.69, 9.17) is 73.0 Å². The third-order valence-corrected chi connectivity index (χ3v) is 24.5. The molecular weight excluding hydrogens is 1190 g/mol. The van der Waals surface area contributed by atoms with Crippen LogP contribution in [0.25, 0.3) is 89.7 Å². The van der Waals surface area contributed by atoms with Gasteiger partial charge >= 0.3 is 19.5 Å². The fourth-order valence-corrected chi connectivity index (χ4v) is 21.1. The average molecular weight is 1240 g/mol. The van der Waals surface area contributed by atoms with E-state index in [1.807, 2.05) is 42.5 Å². The predicted octanol–water partition coefficient (Wildman–Crippen LogP) is 12.9. The first kappa shape index (κ1) is 50.5. The summed E-state index contributed by atoms with van der Waals surface area (Å²) in [4.78, 5) is 42.6. The van der Waals surface area contributed by atoms with E-state index in [0.717, 1.165) is 117 Å². The molecule has 12 aliphatic carbocycles. The first-order chi connectivity index (χ1) is 42.4. The van der Waals surface area contributed by atoms with E-state index in [9.17, 15) is 13.0 Å². The molecule has 436 valence electrons. The van der Waals surface area contributed by atoms with E-state index in [0.29, 0.717) is 167 Å². The molecule has 25 rings (SSSR count). The molecular formula is C68H56N8O10SZn. The van der Waals surface area contributed by atoms with Crippen LogP contribution in [0.1, 0.15) is 96.3 Å². The van der Waals surface area contributed by atoms with Gasteiger partial charge in [-0.1, -0.05) is 0 Å². The van der Waals surface area contributed by atoms with Gasteiger partial charge < -0.3 is 63.1 Å². The Bertz CT molecular complexity index is 4730. The average Bonchev–Trinajstić information content (AvgIpc) is 1.49. The van der Waals surface area contributed by atoms with Crippen molar-refractivity contribution in [3.05, 3.63) is 78.9 Å². The van der Waals surface area contributed by atoms with Crippen LogP contribution < -0.4 is 43.1 Å². The largest absolute Gasteiger partial charge is 2.00 e. The van der Waals surface area contributed by atoms with Crippen molar-refractivity contribution < 1.29 is 65.6 Å². The Morgan fingerprint density at radius 3 is 1.00 bits per heavy atom. The fraction of sp³-hybridized carbons (Fsp3) is 0.441. The molecule has 8 aromatic rings. The number of nitrogens with zero attached hydrogens (tertiary/aromatic N) is 8. The summed E-state index contributed by atoms with van der Waals surface area (Å²) in [5.41, 5.74) is 4.28. The molecule has 1 N–H and O–H groups in total. The van der Waals surface area contributed by atoms with Crippen molar-refractivity contribution in [3.63, 3.8) is 0 Å². The summed E-state index contributed by atoms with van der Waals surface area (Å²) in [7, 11) is -4.42. The Balaban J connectivity index is 0.00000530. The minimum atomic E-state index is -4.42. The van der Waals surface area contributed by atoms with Gasteiger partial charge in [0.25, 0.3) is 27.5 Å². The summed E-state index contributed by atoms with van der Waals surface area (Å²) in [6, 6.07) is 23.3. The van der Waals surface area contributed by atoms with Crippen LogP contribution in [0.15, 0.2) is 83.8 Å². The maximum absolute atomic E-state index is 12.0. The quantitative estimate of drug-likeness (QED) is 0.128. The Labute approximate surface area is 516 Å². The zero-order chi connectivity index (χ0) is 56.8. The predicted molar refractivity (Wildman–Crippen MR) is 313 cm³/mol. The Morgan fingerprint density at radius 2 is 0.670 bits per heavy atom. The smallest absolute Gasteiger partial charge is 0.457 e. The molecule has 5 aliphatic heterocycles. The first-order valence-electron chi connectivity index (χ1n) is 31.7. The van der Waals surface area contributed by atoms with Gasteiger partial charge in [-0.2, -0.15) is 8.42 Å². The van der Waals surface area contributed by atoms with Crippen LogP contribution in [0.2, 0.25) is 0 Å². The van der Waals surface area contributed by atoms with E-state index in [2.05, 4.69) is 6.07 Å². The summed E-state index contributed by atoms with van der Waals surface area (Å²) in [5, 5.41) is 2.85. The van der Waals surface area contributed by atoms with Gasteiger partial charge in [-0.3, -0.25) is 4.55 Å². The first-order valence-corrected chi connectivity index (χ1v) is 33.1. The number of aromatic nitrogens is 8. The molecule has 3 aromatic heterocycles. The fourth-order valence-electron chi connectivity index (χ4n) is 20.6. The number of hydrogen-bond donors (Lipinski definition) is 1. The molecule has 12 fully saturated rings. The van der Waals surface area contributed by atoms with E-state index in [1.54, 1.807) is 6.07 Å². The minimum Gasteiger partial charge on any atom is -0.457 e. The molecule has 8 heterocycles. The van der Waals surface area contributed by atoms with E-state index in [1.165, 1.54) is 43.5 Å². The van der Waals surface area contributed by atoms with Gasteiger partial charge in [0.15, 0.2) is 34.5 Å². The monoisotopic (exact) mass is 1240 g/mol. The molecule has 17 aliphatic rings. The molecule has 12 saturated carbocycles. The van der Waals surface area contributed by atoms with Gasteiger partial charge in [-0.05, 0) is 232 Å². The van der Waals surface area contributed by atoms with Crippen LogP contribution in [-0.2, 0) is 29.6 Å². The summed E-state index contributed by atoms with van der Waals surface area (Å²) >= 11 is 0. The van der Waals surface area contributed by atoms with Crippen molar-refractivity contribution in [1.82, 2.24) is 39.9 Å². The Hall–Kier alpha value is -7.41. The number of benzene rings is 5. The van der Waals surface area contributed by atoms with Crippen LogP contribution >= 0.6 is 0 Å².